The molecular formula is C39H42N8O4. The van der Waals surface area contributed by atoms with Crippen LogP contribution in [0.15, 0.2) is 71.5 Å². The van der Waals surface area contributed by atoms with Gasteiger partial charge in [-0.15, -0.1) is 0 Å². The number of benzene rings is 3. The van der Waals surface area contributed by atoms with Crippen LogP contribution in [0.3, 0.4) is 0 Å². The van der Waals surface area contributed by atoms with Crippen molar-refractivity contribution in [2.75, 3.05) is 31.1 Å². The molecule has 0 unspecified atom stereocenters. The summed E-state index contributed by atoms with van der Waals surface area (Å²) in [4.78, 5) is 46.9. The Bertz CT molecular complexity index is 2230. The van der Waals surface area contributed by atoms with Crippen LogP contribution in [0.2, 0.25) is 0 Å². The number of aromatic amines is 1. The molecule has 3 aromatic heterocycles. The number of piperazine rings is 1. The molecule has 51 heavy (non-hydrogen) atoms. The summed E-state index contributed by atoms with van der Waals surface area (Å²) in [5.74, 6) is 0.0180. The molecule has 12 heteroatoms. The number of aromatic nitrogens is 5. The number of carbonyl (C=O) groups is 2. The maximum Gasteiger partial charge on any atom is 0.410 e. The molecule has 0 saturated carbocycles. The van der Waals surface area contributed by atoms with E-state index in [2.05, 4.69) is 55.4 Å². The fraction of sp³-hybridized carbons (Fsp3) is 0.333. The van der Waals surface area contributed by atoms with E-state index in [1.807, 2.05) is 77.1 Å². The minimum atomic E-state index is -0.414. The average molecular weight is 687 g/mol. The number of rotatable bonds is 7. The number of aryl methyl sites for hydroxylation is 2. The van der Waals surface area contributed by atoms with Gasteiger partial charge in [0.25, 0.3) is 0 Å². The van der Waals surface area contributed by atoms with Gasteiger partial charge in [0.1, 0.15) is 18.6 Å². The van der Waals surface area contributed by atoms with Gasteiger partial charge in [-0.05, 0) is 61.2 Å². The van der Waals surface area contributed by atoms with Crippen LogP contribution in [-0.4, -0.2) is 68.2 Å². The highest BCUT2D eigenvalue weighted by molar-refractivity contribution is 6.13. The number of H-pyrrole nitrogens is 1. The summed E-state index contributed by atoms with van der Waals surface area (Å²) in [7, 11) is 0. The van der Waals surface area contributed by atoms with Crippen LogP contribution >= 0.6 is 0 Å². The van der Waals surface area contributed by atoms with Crippen molar-refractivity contribution in [3.63, 3.8) is 0 Å². The van der Waals surface area contributed by atoms with E-state index >= 15 is 0 Å². The lowest BCUT2D eigenvalue weighted by Crippen LogP contribution is -2.49. The van der Waals surface area contributed by atoms with Crippen LogP contribution in [0, 0.1) is 13.8 Å². The normalized spacial score (nSPS) is 14.2. The van der Waals surface area contributed by atoms with E-state index in [1.165, 1.54) is 0 Å². The molecule has 1 aliphatic heterocycles. The molecule has 4 heterocycles. The minimum Gasteiger partial charge on any atom is -0.445 e. The molecule has 1 fully saturated rings. The fourth-order valence-electron chi connectivity index (χ4n) is 6.64. The lowest BCUT2D eigenvalue weighted by atomic mass is 9.96. The number of hydrogen-bond acceptors (Lipinski definition) is 9. The molecule has 0 spiro atoms. The van der Waals surface area contributed by atoms with E-state index in [9.17, 15) is 9.59 Å². The zero-order chi connectivity index (χ0) is 35.9. The Labute approximate surface area is 296 Å². The number of ether oxygens (including phenoxy) is 1. The number of nitrogens with zero attached hydrogens (tertiary/aromatic N) is 6. The summed E-state index contributed by atoms with van der Waals surface area (Å²) in [6, 6.07) is 19.9. The van der Waals surface area contributed by atoms with Crippen molar-refractivity contribution < 1.29 is 18.8 Å². The van der Waals surface area contributed by atoms with E-state index in [4.69, 9.17) is 14.2 Å². The van der Waals surface area contributed by atoms with Gasteiger partial charge in [0.2, 0.25) is 0 Å². The van der Waals surface area contributed by atoms with Crippen molar-refractivity contribution in [1.82, 2.24) is 35.3 Å². The number of fused-ring (bicyclic) bond motifs is 3. The maximum absolute atomic E-state index is 12.9. The summed E-state index contributed by atoms with van der Waals surface area (Å²) in [6.45, 7) is 14.8. The Morgan fingerprint density at radius 1 is 0.980 bits per heavy atom. The van der Waals surface area contributed by atoms with Crippen molar-refractivity contribution >= 4 is 39.6 Å². The van der Waals surface area contributed by atoms with Crippen LogP contribution in [-0.2, 0) is 16.8 Å². The second-order valence-electron chi connectivity index (χ2n) is 14.2. The fourth-order valence-corrected chi connectivity index (χ4v) is 6.64. The molecule has 7 rings (SSSR count). The number of amides is 2. The minimum absolute atomic E-state index is 0.0521. The highest BCUT2D eigenvalue weighted by Gasteiger charge is 2.26. The Kier molecular flexibility index (Phi) is 8.92. The third-order valence-corrected chi connectivity index (χ3v) is 9.44. The lowest BCUT2D eigenvalue weighted by molar-refractivity contribution is 0.0894. The Morgan fingerprint density at radius 2 is 1.75 bits per heavy atom. The number of carbonyl (C=O) groups excluding carboxylic acids is 2. The topological polar surface area (TPSA) is 142 Å². The van der Waals surface area contributed by atoms with Crippen LogP contribution in [0.4, 0.5) is 10.5 Å². The Balaban J connectivity index is 1.07. The summed E-state index contributed by atoms with van der Waals surface area (Å²) in [5.41, 5.74) is 8.38. The van der Waals surface area contributed by atoms with Crippen molar-refractivity contribution in [3.8, 4) is 11.3 Å². The molecule has 2 amide bonds. The van der Waals surface area contributed by atoms with Gasteiger partial charge in [-0.3, -0.25) is 4.79 Å². The van der Waals surface area contributed by atoms with Crippen LogP contribution in [0.1, 0.15) is 72.5 Å². The molecule has 1 saturated heterocycles. The van der Waals surface area contributed by atoms with Gasteiger partial charge in [0, 0.05) is 53.7 Å². The molecule has 0 radical (unpaired) electrons. The Morgan fingerprint density at radius 3 is 2.45 bits per heavy atom. The van der Waals surface area contributed by atoms with Crippen LogP contribution in [0.25, 0.3) is 33.2 Å². The van der Waals surface area contributed by atoms with Crippen molar-refractivity contribution in [3.05, 3.63) is 101 Å². The van der Waals surface area contributed by atoms with Crippen LogP contribution < -0.4 is 10.2 Å². The van der Waals surface area contributed by atoms with E-state index in [0.717, 1.165) is 61.1 Å². The first-order chi connectivity index (χ1) is 24.5. The molecule has 2 N–H and O–H groups in total. The van der Waals surface area contributed by atoms with Gasteiger partial charge in [-0.25, -0.2) is 14.8 Å². The zero-order valence-electron chi connectivity index (χ0n) is 29.8. The molecule has 3 aromatic carbocycles. The molecule has 1 aliphatic rings. The van der Waals surface area contributed by atoms with Gasteiger partial charge in [-0.2, -0.15) is 4.98 Å². The van der Waals surface area contributed by atoms with Gasteiger partial charge in [0.15, 0.2) is 5.82 Å². The standard InChI is InChI=1S/C39H42N8O4/c1-23-18-27(12-13-28(23)25(3)42-35(48)36-44-37(45-51-36)39(4,5)6)33-32-29-19-24(2)31(20-30(29)43-34(32)41-22-40-33)46-14-16-47(17-15-46)38(49)50-21-26-10-8-7-9-11-26/h7-13,18-20,22,25H,14-17,21H2,1-6H3,(H,42,48)(H,40,41,43)/t25-/m1/s1. The summed E-state index contributed by atoms with van der Waals surface area (Å²) >= 11 is 0. The van der Waals surface area contributed by atoms with E-state index < -0.39 is 5.91 Å². The highest BCUT2D eigenvalue weighted by atomic mass is 16.6. The Hall–Kier alpha value is -5.78. The molecular weight excluding hydrogens is 644 g/mol. The first kappa shape index (κ1) is 33.7. The molecule has 262 valence electrons. The van der Waals surface area contributed by atoms with Crippen molar-refractivity contribution in [2.45, 2.75) is 59.6 Å². The quantitative estimate of drug-likeness (QED) is 0.181. The monoisotopic (exact) mass is 686 g/mol. The predicted octanol–water partition coefficient (Wildman–Crippen LogP) is 7.03. The number of hydrogen-bond donors (Lipinski definition) is 2. The molecule has 12 nitrogen and oxygen atoms in total. The predicted molar refractivity (Wildman–Crippen MR) is 196 cm³/mol. The summed E-state index contributed by atoms with van der Waals surface area (Å²) in [5, 5.41) is 8.95. The smallest absolute Gasteiger partial charge is 0.410 e. The van der Waals surface area contributed by atoms with E-state index in [0.29, 0.717) is 32.0 Å². The summed E-state index contributed by atoms with van der Waals surface area (Å²) < 4.78 is 10.8. The number of nitrogens with one attached hydrogen (secondary N) is 2. The summed E-state index contributed by atoms with van der Waals surface area (Å²) in [6.07, 6.45) is 1.30. The van der Waals surface area contributed by atoms with Gasteiger partial charge >= 0.3 is 17.9 Å². The maximum atomic E-state index is 12.9. The third-order valence-electron chi connectivity index (χ3n) is 9.44. The lowest BCUT2D eigenvalue weighted by Gasteiger charge is -2.36. The largest absolute Gasteiger partial charge is 0.445 e. The van der Waals surface area contributed by atoms with Gasteiger partial charge in [-0.1, -0.05) is 68.4 Å². The SMILES string of the molecule is Cc1cc(-c2ncnc3[nH]c4cc(N5CCN(C(=O)OCc6ccccc6)CC5)c(C)cc4c23)ccc1[C@@H](C)NC(=O)c1nc(C(C)(C)C)no1. The van der Waals surface area contributed by atoms with Gasteiger partial charge < -0.3 is 29.4 Å². The average Bonchev–Trinajstić information content (AvgIpc) is 3.77. The van der Waals surface area contributed by atoms with Gasteiger partial charge in [0.05, 0.1) is 17.1 Å². The molecule has 1 atom stereocenters. The second kappa shape index (κ2) is 13.5. The molecule has 0 aliphatic carbocycles. The van der Waals surface area contributed by atoms with E-state index in [-0.39, 0.29) is 30.0 Å². The highest BCUT2D eigenvalue weighted by Crippen LogP contribution is 2.37. The molecule has 6 aromatic rings. The van der Waals surface area contributed by atoms with E-state index in [1.54, 1.807) is 11.2 Å². The van der Waals surface area contributed by atoms with Crippen LogP contribution in [0.5, 0.6) is 0 Å². The molecule has 0 bridgehead atoms. The second-order valence-corrected chi connectivity index (χ2v) is 14.2. The zero-order valence-corrected chi connectivity index (χ0v) is 29.8. The van der Waals surface area contributed by atoms with Crippen molar-refractivity contribution in [1.29, 1.82) is 0 Å². The first-order valence-corrected chi connectivity index (χ1v) is 17.2. The number of anilines is 1. The third kappa shape index (κ3) is 6.86. The van der Waals surface area contributed by atoms with Crippen molar-refractivity contribution in [2.24, 2.45) is 0 Å². The first-order valence-electron chi connectivity index (χ1n) is 17.2.